The number of ether oxygens (including phenoxy) is 2. The first-order chi connectivity index (χ1) is 15.7. The zero-order chi connectivity index (χ0) is 24.2. The largest absolute Gasteiger partial charge is 0.494 e. The van der Waals surface area contributed by atoms with E-state index < -0.39 is 5.97 Å². The molecule has 0 bridgehead atoms. The number of benzene rings is 2. The second-order valence-electron chi connectivity index (χ2n) is 8.97. The summed E-state index contributed by atoms with van der Waals surface area (Å²) in [6, 6.07) is 15.7. The van der Waals surface area contributed by atoms with Crippen molar-refractivity contribution < 1.29 is 24.2 Å². The summed E-state index contributed by atoms with van der Waals surface area (Å²) in [5, 5.41) is 8.73. The molecule has 0 aliphatic carbocycles. The van der Waals surface area contributed by atoms with Gasteiger partial charge in [0.1, 0.15) is 12.4 Å². The highest BCUT2D eigenvalue weighted by molar-refractivity contribution is 5.77. The van der Waals surface area contributed by atoms with Gasteiger partial charge in [0.05, 0.1) is 18.9 Å². The van der Waals surface area contributed by atoms with Crippen molar-refractivity contribution in [3.05, 3.63) is 65.2 Å². The molecule has 33 heavy (non-hydrogen) atoms. The molecule has 1 atom stereocenters. The zero-order valence-corrected chi connectivity index (χ0v) is 20.3. The smallest absolute Gasteiger partial charge is 0.313 e. The van der Waals surface area contributed by atoms with E-state index in [-0.39, 0.29) is 24.9 Å². The molecule has 1 N–H and O–H groups in total. The summed E-state index contributed by atoms with van der Waals surface area (Å²) >= 11 is 0. The first-order valence-electron chi connectivity index (χ1n) is 11.6. The number of hydrogen-bond donors (Lipinski definition) is 1. The van der Waals surface area contributed by atoms with Gasteiger partial charge in [-0.15, -0.1) is 0 Å². The van der Waals surface area contributed by atoms with Gasteiger partial charge in [0.15, 0.2) is 0 Å². The molecule has 6 nitrogen and oxygen atoms in total. The van der Waals surface area contributed by atoms with Crippen LogP contribution >= 0.6 is 0 Å². The minimum Gasteiger partial charge on any atom is -0.494 e. The molecule has 0 amide bonds. The number of nitrogens with zero attached hydrogens (tertiary/aromatic N) is 1. The van der Waals surface area contributed by atoms with Crippen molar-refractivity contribution >= 4 is 11.9 Å². The summed E-state index contributed by atoms with van der Waals surface area (Å²) in [4.78, 5) is 25.1. The van der Waals surface area contributed by atoms with Crippen LogP contribution in [0.4, 0.5) is 0 Å². The summed E-state index contributed by atoms with van der Waals surface area (Å²) in [6.45, 7) is 8.27. The quantitative estimate of drug-likeness (QED) is 0.322. The van der Waals surface area contributed by atoms with Crippen LogP contribution in [0.1, 0.15) is 56.2 Å². The fourth-order valence-electron chi connectivity index (χ4n) is 3.48. The van der Waals surface area contributed by atoms with E-state index in [2.05, 4.69) is 26.0 Å². The second kappa shape index (κ2) is 13.6. The van der Waals surface area contributed by atoms with Crippen LogP contribution in [0.15, 0.2) is 48.5 Å². The lowest BCUT2D eigenvalue weighted by Gasteiger charge is -2.15. The summed E-state index contributed by atoms with van der Waals surface area (Å²) < 4.78 is 11.3. The fraction of sp³-hybridized carbons (Fsp3) is 0.481. The number of carboxylic acids is 1. The lowest BCUT2D eigenvalue weighted by atomic mass is 9.97. The maximum atomic E-state index is 12.5. The number of hydrogen-bond acceptors (Lipinski definition) is 5. The maximum Gasteiger partial charge on any atom is 0.313 e. The van der Waals surface area contributed by atoms with E-state index in [1.54, 1.807) is 0 Å². The zero-order valence-electron chi connectivity index (χ0n) is 20.3. The molecule has 0 radical (unpaired) electrons. The molecule has 0 aliphatic heterocycles. The van der Waals surface area contributed by atoms with Crippen molar-refractivity contribution in [1.29, 1.82) is 0 Å². The van der Waals surface area contributed by atoms with Crippen molar-refractivity contribution in [2.24, 2.45) is 5.92 Å². The van der Waals surface area contributed by atoms with Gasteiger partial charge in [-0.1, -0.05) is 50.2 Å². The normalized spacial score (nSPS) is 12.1. The van der Waals surface area contributed by atoms with Crippen LogP contribution < -0.4 is 4.74 Å². The van der Waals surface area contributed by atoms with Gasteiger partial charge in [-0.05, 0) is 61.6 Å². The van der Waals surface area contributed by atoms with Crippen LogP contribution in [0.2, 0.25) is 0 Å². The Labute approximate surface area is 197 Å². The van der Waals surface area contributed by atoms with Crippen LogP contribution in [0.3, 0.4) is 0 Å². The Hall–Kier alpha value is -2.86. The molecular formula is C27H37NO5. The van der Waals surface area contributed by atoms with Gasteiger partial charge in [-0.2, -0.15) is 0 Å². The Balaban J connectivity index is 1.76. The molecule has 0 heterocycles. The molecule has 1 unspecified atom stereocenters. The molecule has 0 fully saturated rings. The van der Waals surface area contributed by atoms with Gasteiger partial charge >= 0.3 is 11.9 Å². The molecule has 0 aromatic heterocycles. The van der Waals surface area contributed by atoms with Crippen molar-refractivity contribution in [3.63, 3.8) is 0 Å². The lowest BCUT2D eigenvalue weighted by molar-refractivity contribution is -0.146. The highest BCUT2D eigenvalue weighted by Crippen LogP contribution is 2.20. The summed E-state index contributed by atoms with van der Waals surface area (Å²) in [6.07, 6.45) is 1.96. The van der Waals surface area contributed by atoms with Crippen LogP contribution in [0.5, 0.6) is 5.75 Å². The Kier molecular flexibility index (Phi) is 10.9. The van der Waals surface area contributed by atoms with E-state index in [4.69, 9.17) is 14.6 Å². The number of carbonyl (C=O) groups is 2. The lowest BCUT2D eigenvalue weighted by Crippen LogP contribution is -2.24. The molecule has 2 aromatic carbocycles. The third-order valence-corrected chi connectivity index (χ3v) is 5.42. The van der Waals surface area contributed by atoms with Gasteiger partial charge in [0.2, 0.25) is 0 Å². The van der Waals surface area contributed by atoms with Crippen LogP contribution in [0, 0.1) is 5.92 Å². The number of esters is 1. The van der Waals surface area contributed by atoms with Gasteiger partial charge in [0.25, 0.3) is 0 Å². The Morgan fingerprint density at radius 1 is 1.00 bits per heavy atom. The fourth-order valence-corrected chi connectivity index (χ4v) is 3.48. The van der Waals surface area contributed by atoms with Gasteiger partial charge in [-0.25, -0.2) is 0 Å². The number of rotatable bonds is 14. The summed E-state index contributed by atoms with van der Waals surface area (Å²) in [7, 11) is 1.90. The Bertz CT molecular complexity index is 878. The molecule has 180 valence electrons. The van der Waals surface area contributed by atoms with Crippen molar-refractivity contribution in [2.75, 3.05) is 26.7 Å². The highest BCUT2D eigenvalue weighted by Gasteiger charge is 2.17. The Morgan fingerprint density at radius 3 is 2.39 bits per heavy atom. The van der Waals surface area contributed by atoms with Crippen LogP contribution in [-0.4, -0.2) is 48.7 Å². The molecule has 0 saturated carbocycles. The summed E-state index contributed by atoms with van der Waals surface area (Å²) in [5.41, 5.74) is 3.11. The minimum absolute atomic E-state index is 0.139. The van der Waals surface area contributed by atoms with E-state index >= 15 is 0 Å². The van der Waals surface area contributed by atoms with Gasteiger partial charge in [-0.3, -0.25) is 9.59 Å². The number of aliphatic carboxylic acids is 1. The topological polar surface area (TPSA) is 76.1 Å². The van der Waals surface area contributed by atoms with E-state index in [0.717, 1.165) is 36.3 Å². The molecular weight excluding hydrogens is 418 g/mol. The van der Waals surface area contributed by atoms with E-state index in [9.17, 15) is 9.59 Å². The molecule has 0 saturated heterocycles. The van der Waals surface area contributed by atoms with Gasteiger partial charge < -0.3 is 19.5 Å². The molecule has 0 aliphatic rings. The predicted octanol–water partition coefficient (Wildman–Crippen LogP) is 4.91. The monoisotopic (exact) mass is 455 g/mol. The first kappa shape index (κ1) is 26.4. The molecule has 2 rings (SSSR count). The van der Waals surface area contributed by atoms with Crippen molar-refractivity contribution in [1.82, 2.24) is 4.90 Å². The van der Waals surface area contributed by atoms with E-state index in [1.807, 2.05) is 55.3 Å². The predicted molar refractivity (Wildman–Crippen MR) is 129 cm³/mol. The van der Waals surface area contributed by atoms with Crippen LogP contribution in [-0.2, 0) is 27.4 Å². The standard InChI is InChI=1S/C27H37NO5/c1-20(2)17-22-9-11-24(12-10-22)21(3)27(31)33-19-23-7-5-8-25(18-23)32-16-6-14-28(4)15-13-26(29)30/h5,7-12,18,20-21H,6,13-17,19H2,1-4H3,(H,29,30). The highest BCUT2D eigenvalue weighted by atomic mass is 16.5. The van der Waals surface area contributed by atoms with E-state index in [1.165, 1.54) is 5.56 Å². The molecule has 6 heteroatoms. The van der Waals surface area contributed by atoms with Gasteiger partial charge in [0, 0.05) is 13.1 Å². The molecule has 2 aromatic rings. The third kappa shape index (κ3) is 10.1. The first-order valence-corrected chi connectivity index (χ1v) is 11.6. The second-order valence-corrected chi connectivity index (χ2v) is 8.97. The average molecular weight is 456 g/mol. The SMILES string of the molecule is CC(C)Cc1ccc(C(C)C(=O)OCc2cccc(OCCCN(C)CCC(=O)O)c2)cc1. The van der Waals surface area contributed by atoms with Crippen molar-refractivity contribution in [2.45, 2.75) is 52.6 Å². The molecule has 0 spiro atoms. The third-order valence-electron chi connectivity index (χ3n) is 5.42. The van der Waals surface area contributed by atoms with E-state index in [0.29, 0.717) is 19.1 Å². The number of carbonyl (C=O) groups excluding carboxylic acids is 1. The Morgan fingerprint density at radius 2 is 1.73 bits per heavy atom. The van der Waals surface area contributed by atoms with Crippen molar-refractivity contribution in [3.8, 4) is 5.75 Å². The maximum absolute atomic E-state index is 12.5. The van der Waals surface area contributed by atoms with Crippen LogP contribution in [0.25, 0.3) is 0 Å². The average Bonchev–Trinajstić information content (AvgIpc) is 2.79. The minimum atomic E-state index is -0.787. The number of carboxylic acid groups (broad SMARTS) is 1. The summed E-state index contributed by atoms with van der Waals surface area (Å²) in [5.74, 6) is -0.0313.